The van der Waals surface area contributed by atoms with Gasteiger partial charge in [-0.15, -0.1) is 0 Å². The first kappa shape index (κ1) is 16.3. The summed E-state index contributed by atoms with van der Waals surface area (Å²) in [5.74, 6) is -2.80. The Labute approximate surface area is 90.6 Å². The number of esters is 1. The predicted molar refractivity (Wildman–Crippen MR) is 57.4 cm³/mol. The number of nitrogens with two attached hydrogens (primary N) is 1. The normalized spacial score (nSPS) is 9.93. The summed E-state index contributed by atoms with van der Waals surface area (Å²) in [6.07, 6.45) is 3.29. The number of methoxy groups -OCH3 is 1. The van der Waals surface area contributed by atoms with Crippen molar-refractivity contribution in [3.05, 3.63) is 0 Å². The van der Waals surface area contributed by atoms with Gasteiger partial charge in [-0.2, -0.15) is 0 Å². The van der Waals surface area contributed by atoms with E-state index in [1.54, 1.807) is 0 Å². The minimum absolute atomic E-state index is 0.125. The number of ether oxygens (including phenoxy) is 1. The van der Waals surface area contributed by atoms with Crippen molar-refractivity contribution in [2.45, 2.75) is 45.6 Å². The third-order valence-corrected chi connectivity index (χ3v) is 2.47. The van der Waals surface area contributed by atoms with Crippen LogP contribution in [0.1, 0.15) is 40.0 Å². The van der Waals surface area contributed by atoms with Gasteiger partial charge < -0.3 is 15.6 Å². The Kier molecular flexibility index (Phi) is 8.96. The highest BCUT2D eigenvalue weighted by Gasteiger charge is 2.15. The van der Waals surface area contributed by atoms with E-state index in [4.69, 9.17) is 10.8 Å². The Hall–Kier alpha value is -1.10. The van der Waals surface area contributed by atoms with Gasteiger partial charge in [0.1, 0.15) is 0 Å². The van der Waals surface area contributed by atoms with Crippen LogP contribution in [0.15, 0.2) is 0 Å². The van der Waals surface area contributed by atoms with E-state index in [0.717, 1.165) is 26.4 Å². The molecular formula is C10H21NO4. The molecule has 0 heterocycles. The molecule has 0 atom stereocenters. The first-order chi connectivity index (χ1) is 6.86. The lowest BCUT2D eigenvalue weighted by molar-refractivity contribution is -0.161. The van der Waals surface area contributed by atoms with Crippen molar-refractivity contribution in [1.29, 1.82) is 0 Å². The Morgan fingerprint density at radius 3 is 1.53 bits per heavy atom. The standard InChI is InChI=1S/C7H17N.C3H4O4/c1-4-7(8,5-2)6-3;1-7-3(6)2(4)5/h4-6,8H2,1-3H3;1H3,(H,4,5). The SMILES string of the molecule is CCC(N)(CC)CC.COC(=O)C(=O)O. The molecule has 0 unspecified atom stereocenters. The monoisotopic (exact) mass is 219 g/mol. The lowest BCUT2D eigenvalue weighted by Crippen LogP contribution is -2.37. The number of aliphatic carboxylic acids is 1. The summed E-state index contributed by atoms with van der Waals surface area (Å²) >= 11 is 0. The first-order valence-corrected chi connectivity index (χ1v) is 4.96. The minimum Gasteiger partial charge on any atom is -0.473 e. The average Bonchev–Trinajstić information content (AvgIpc) is 2.27. The lowest BCUT2D eigenvalue weighted by atomic mass is 9.92. The zero-order chi connectivity index (χ0) is 12.5. The van der Waals surface area contributed by atoms with Gasteiger partial charge in [0.2, 0.25) is 0 Å². The maximum absolute atomic E-state index is 9.69. The van der Waals surface area contributed by atoms with E-state index in [9.17, 15) is 9.59 Å². The molecule has 90 valence electrons. The molecule has 5 nitrogen and oxygen atoms in total. The van der Waals surface area contributed by atoms with Crippen LogP contribution in [0.5, 0.6) is 0 Å². The van der Waals surface area contributed by atoms with E-state index in [2.05, 4.69) is 25.5 Å². The molecule has 0 fully saturated rings. The topological polar surface area (TPSA) is 89.6 Å². The summed E-state index contributed by atoms with van der Waals surface area (Å²) in [5.41, 5.74) is 6.02. The van der Waals surface area contributed by atoms with Gasteiger partial charge in [-0.25, -0.2) is 9.59 Å². The summed E-state index contributed by atoms with van der Waals surface area (Å²) in [5, 5.41) is 7.71. The molecule has 3 N–H and O–H groups in total. The largest absolute Gasteiger partial charge is 0.473 e. The highest BCUT2D eigenvalue weighted by atomic mass is 16.5. The number of carbonyl (C=O) groups is 2. The molecule has 0 radical (unpaired) electrons. The van der Waals surface area contributed by atoms with Crippen LogP contribution in [-0.2, 0) is 14.3 Å². The first-order valence-electron chi connectivity index (χ1n) is 4.96. The van der Waals surface area contributed by atoms with Crippen LogP contribution < -0.4 is 5.73 Å². The summed E-state index contributed by atoms with van der Waals surface area (Å²) in [6, 6.07) is 0. The Morgan fingerprint density at radius 1 is 1.20 bits per heavy atom. The fraction of sp³-hybridized carbons (Fsp3) is 0.800. The number of carboxylic acids is 1. The smallest absolute Gasteiger partial charge is 0.417 e. The van der Waals surface area contributed by atoms with Crippen LogP contribution >= 0.6 is 0 Å². The quantitative estimate of drug-likeness (QED) is 0.549. The maximum Gasteiger partial charge on any atom is 0.417 e. The maximum atomic E-state index is 9.69. The van der Waals surface area contributed by atoms with Crippen LogP contribution in [0.3, 0.4) is 0 Å². The molecule has 0 rings (SSSR count). The van der Waals surface area contributed by atoms with Crippen LogP contribution in [0.2, 0.25) is 0 Å². The van der Waals surface area contributed by atoms with Gasteiger partial charge in [0.25, 0.3) is 0 Å². The summed E-state index contributed by atoms with van der Waals surface area (Å²) in [6.45, 7) is 6.44. The number of carboxylic acid groups (broad SMARTS) is 1. The molecule has 0 aliphatic carbocycles. The molecule has 0 aromatic rings. The molecule has 0 spiro atoms. The van der Waals surface area contributed by atoms with Crippen molar-refractivity contribution < 1.29 is 19.4 Å². The van der Waals surface area contributed by atoms with Crippen molar-refractivity contribution in [3.8, 4) is 0 Å². The molecule has 5 heteroatoms. The van der Waals surface area contributed by atoms with Crippen molar-refractivity contribution in [2.24, 2.45) is 5.73 Å². The number of hydrogen-bond acceptors (Lipinski definition) is 4. The zero-order valence-corrected chi connectivity index (χ0v) is 9.87. The summed E-state index contributed by atoms with van der Waals surface area (Å²) < 4.78 is 3.77. The van der Waals surface area contributed by atoms with Crippen LogP contribution in [0.25, 0.3) is 0 Å². The molecule has 0 bridgehead atoms. The second-order valence-corrected chi connectivity index (χ2v) is 3.22. The van der Waals surface area contributed by atoms with E-state index in [1.165, 1.54) is 0 Å². The third kappa shape index (κ3) is 7.93. The van der Waals surface area contributed by atoms with Crippen molar-refractivity contribution in [1.82, 2.24) is 0 Å². The van der Waals surface area contributed by atoms with Gasteiger partial charge in [-0.3, -0.25) is 0 Å². The molecule has 0 amide bonds. The van der Waals surface area contributed by atoms with E-state index in [1.807, 2.05) is 0 Å². The van der Waals surface area contributed by atoms with Crippen molar-refractivity contribution >= 4 is 11.9 Å². The van der Waals surface area contributed by atoms with E-state index >= 15 is 0 Å². The van der Waals surface area contributed by atoms with Gasteiger partial charge in [0.05, 0.1) is 7.11 Å². The van der Waals surface area contributed by atoms with Crippen molar-refractivity contribution in [2.75, 3.05) is 7.11 Å². The number of rotatable bonds is 3. The second-order valence-electron chi connectivity index (χ2n) is 3.22. The lowest BCUT2D eigenvalue weighted by Gasteiger charge is -2.23. The molecular weight excluding hydrogens is 198 g/mol. The van der Waals surface area contributed by atoms with Gasteiger partial charge in [-0.05, 0) is 19.3 Å². The third-order valence-electron chi connectivity index (χ3n) is 2.47. The van der Waals surface area contributed by atoms with Crippen molar-refractivity contribution in [3.63, 3.8) is 0 Å². The number of carbonyl (C=O) groups excluding carboxylic acids is 1. The highest BCUT2D eigenvalue weighted by molar-refractivity contribution is 6.28. The second kappa shape index (κ2) is 8.23. The molecule has 15 heavy (non-hydrogen) atoms. The van der Waals surface area contributed by atoms with Crippen LogP contribution in [0, 0.1) is 0 Å². The molecule has 0 aromatic heterocycles. The molecule has 0 aliphatic heterocycles. The predicted octanol–water partition coefficient (Wildman–Crippen LogP) is 1.16. The molecule has 0 saturated heterocycles. The molecule has 0 saturated carbocycles. The fourth-order valence-corrected chi connectivity index (χ4v) is 0.837. The average molecular weight is 219 g/mol. The fourth-order valence-electron chi connectivity index (χ4n) is 0.837. The van der Waals surface area contributed by atoms with Crippen LogP contribution in [-0.4, -0.2) is 29.7 Å². The van der Waals surface area contributed by atoms with Gasteiger partial charge in [0.15, 0.2) is 0 Å². The number of hydrogen-bond donors (Lipinski definition) is 2. The van der Waals surface area contributed by atoms with Crippen LogP contribution in [0.4, 0.5) is 0 Å². The molecule has 0 aromatic carbocycles. The molecule has 0 aliphatic rings. The van der Waals surface area contributed by atoms with E-state index in [0.29, 0.717) is 0 Å². The van der Waals surface area contributed by atoms with E-state index in [-0.39, 0.29) is 5.54 Å². The zero-order valence-electron chi connectivity index (χ0n) is 9.87. The highest BCUT2D eigenvalue weighted by Crippen LogP contribution is 2.14. The minimum atomic E-state index is -1.57. The Bertz CT molecular complexity index is 191. The van der Waals surface area contributed by atoms with Gasteiger partial charge >= 0.3 is 11.9 Å². The van der Waals surface area contributed by atoms with Gasteiger partial charge in [0, 0.05) is 5.54 Å². The summed E-state index contributed by atoms with van der Waals surface area (Å²) in [4.78, 5) is 19.1. The summed E-state index contributed by atoms with van der Waals surface area (Å²) in [7, 11) is 1.01. The van der Waals surface area contributed by atoms with Gasteiger partial charge in [-0.1, -0.05) is 20.8 Å². The Morgan fingerprint density at radius 2 is 1.53 bits per heavy atom. The Balaban J connectivity index is 0. The van der Waals surface area contributed by atoms with E-state index < -0.39 is 11.9 Å².